The molecule has 0 heterocycles. The van der Waals surface area contributed by atoms with E-state index >= 15 is 0 Å². The number of unbranched alkanes of at least 4 members (excludes halogenated alkanes) is 5. The van der Waals surface area contributed by atoms with Crippen LogP contribution >= 0.6 is 0 Å². The molecule has 0 bridgehead atoms. The van der Waals surface area contributed by atoms with Gasteiger partial charge in [0, 0.05) is 12.6 Å². The zero-order chi connectivity index (χ0) is 11.4. The summed E-state index contributed by atoms with van der Waals surface area (Å²) in [5.74, 6) is 0.0406. The molecule has 0 atom stereocenters. The molecule has 1 amide bonds. The van der Waals surface area contributed by atoms with E-state index in [1.165, 1.54) is 19.3 Å². The summed E-state index contributed by atoms with van der Waals surface area (Å²) in [6, 6.07) is 0. The molecule has 0 rings (SSSR count). The quantitative estimate of drug-likeness (QED) is 0.356. The molecule has 1 N–H and O–H groups in total. The number of amides is 1. The number of hydrazone groups is 1. The predicted octanol–water partition coefficient (Wildman–Crippen LogP) is 3.25. The molecule has 0 spiro atoms. The fourth-order valence-electron chi connectivity index (χ4n) is 1.26. The summed E-state index contributed by atoms with van der Waals surface area (Å²) in [6.45, 7) is 4.27. The third-order valence-electron chi connectivity index (χ3n) is 2.21. The first kappa shape index (κ1) is 14.1. The topological polar surface area (TPSA) is 41.5 Å². The molecule has 15 heavy (non-hydrogen) atoms. The van der Waals surface area contributed by atoms with Crippen LogP contribution in [-0.2, 0) is 4.79 Å². The third kappa shape index (κ3) is 11.1. The molecule has 88 valence electrons. The molecular formula is C12H24N2O. The van der Waals surface area contributed by atoms with Crippen molar-refractivity contribution in [2.45, 2.75) is 65.2 Å². The molecule has 0 aromatic carbocycles. The van der Waals surface area contributed by atoms with Gasteiger partial charge in [-0.05, 0) is 12.8 Å². The highest BCUT2D eigenvalue weighted by molar-refractivity contribution is 5.76. The molecule has 3 heteroatoms. The lowest BCUT2D eigenvalue weighted by Gasteiger charge is -1.99. The Balaban J connectivity index is 3.25. The Kier molecular flexibility index (Phi) is 10.6. The van der Waals surface area contributed by atoms with E-state index in [9.17, 15) is 4.79 Å². The highest BCUT2D eigenvalue weighted by atomic mass is 16.2. The third-order valence-corrected chi connectivity index (χ3v) is 2.21. The maximum Gasteiger partial charge on any atom is 0.240 e. The van der Waals surface area contributed by atoms with Crippen molar-refractivity contribution in [3.05, 3.63) is 0 Å². The summed E-state index contributed by atoms with van der Waals surface area (Å²) in [4.78, 5) is 11.2. The normalized spacial score (nSPS) is 10.8. The zero-order valence-electron chi connectivity index (χ0n) is 10.1. The summed E-state index contributed by atoms with van der Waals surface area (Å²) in [5.41, 5.74) is 2.54. The van der Waals surface area contributed by atoms with Crippen molar-refractivity contribution in [1.29, 1.82) is 0 Å². The molecule has 3 nitrogen and oxygen atoms in total. The Morgan fingerprint density at radius 2 is 1.87 bits per heavy atom. The summed E-state index contributed by atoms with van der Waals surface area (Å²) >= 11 is 0. The highest BCUT2D eigenvalue weighted by Crippen LogP contribution is 2.04. The lowest BCUT2D eigenvalue weighted by Crippen LogP contribution is -2.16. The average molecular weight is 212 g/mol. The van der Waals surface area contributed by atoms with Crippen molar-refractivity contribution in [3.63, 3.8) is 0 Å². The van der Waals surface area contributed by atoms with Crippen LogP contribution in [0.2, 0.25) is 0 Å². The molecule has 0 fully saturated rings. The molecule has 0 saturated heterocycles. The summed E-state index contributed by atoms with van der Waals surface area (Å²) in [6.07, 6.45) is 10.2. The molecule has 0 saturated carbocycles. The van der Waals surface area contributed by atoms with Crippen LogP contribution in [0.5, 0.6) is 0 Å². The Morgan fingerprint density at radius 1 is 1.13 bits per heavy atom. The SMILES string of the molecule is CCCC=NNC(=O)CCCCCCC. The van der Waals surface area contributed by atoms with Gasteiger partial charge in [-0.1, -0.05) is 46.0 Å². The van der Waals surface area contributed by atoms with Crippen LogP contribution in [0, 0.1) is 0 Å². The molecule has 0 unspecified atom stereocenters. The van der Waals surface area contributed by atoms with E-state index in [4.69, 9.17) is 0 Å². The lowest BCUT2D eigenvalue weighted by atomic mass is 10.1. The first-order chi connectivity index (χ1) is 7.31. The molecule has 0 aliphatic carbocycles. The second-order valence-corrected chi connectivity index (χ2v) is 3.80. The van der Waals surface area contributed by atoms with Crippen LogP contribution in [0.3, 0.4) is 0 Å². The van der Waals surface area contributed by atoms with Gasteiger partial charge in [0.25, 0.3) is 0 Å². The van der Waals surface area contributed by atoms with Gasteiger partial charge < -0.3 is 0 Å². The van der Waals surface area contributed by atoms with E-state index in [1.807, 2.05) is 0 Å². The minimum absolute atomic E-state index is 0.0406. The summed E-state index contributed by atoms with van der Waals surface area (Å²) in [7, 11) is 0. The minimum atomic E-state index is 0.0406. The van der Waals surface area contributed by atoms with Crippen LogP contribution in [0.15, 0.2) is 5.10 Å². The fraction of sp³-hybridized carbons (Fsp3) is 0.833. The number of carbonyl (C=O) groups excluding carboxylic acids is 1. The molecule has 0 radical (unpaired) electrons. The van der Waals surface area contributed by atoms with Crippen LogP contribution in [0.1, 0.15) is 65.2 Å². The zero-order valence-corrected chi connectivity index (χ0v) is 10.1. The molecule has 0 aliphatic rings. The van der Waals surface area contributed by atoms with Crippen molar-refractivity contribution in [1.82, 2.24) is 5.43 Å². The number of hydrogen-bond acceptors (Lipinski definition) is 2. The van der Waals surface area contributed by atoms with E-state index in [2.05, 4.69) is 24.4 Å². The van der Waals surface area contributed by atoms with Gasteiger partial charge in [-0.15, -0.1) is 0 Å². The lowest BCUT2D eigenvalue weighted by molar-refractivity contribution is -0.121. The van der Waals surface area contributed by atoms with Crippen LogP contribution in [-0.4, -0.2) is 12.1 Å². The monoisotopic (exact) mass is 212 g/mol. The van der Waals surface area contributed by atoms with Gasteiger partial charge >= 0.3 is 0 Å². The average Bonchev–Trinajstić information content (AvgIpc) is 2.24. The Bertz CT molecular complexity index is 178. The Labute approximate surface area is 93.3 Å². The first-order valence-electron chi connectivity index (χ1n) is 6.11. The van der Waals surface area contributed by atoms with Gasteiger partial charge in [0.1, 0.15) is 0 Å². The Morgan fingerprint density at radius 3 is 2.53 bits per heavy atom. The van der Waals surface area contributed by atoms with Crippen molar-refractivity contribution in [2.24, 2.45) is 5.10 Å². The van der Waals surface area contributed by atoms with Crippen molar-refractivity contribution in [3.8, 4) is 0 Å². The number of nitrogens with zero attached hydrogens (tertiary/aromatic N) is 1. The fourth-order valence-corrected chi connectivity index (χ4v) is 1.26. The number of rotatable bonds is 9. The van der Waals surface area contributed by atoms with Crippen molar-refractivity contribution in [2.75, 3.05) is 0 Å². The molecule has 0 aromatic heterocycles. The second kappa shape index (κ2) is 11.2. The largest absolute Gasteiger partial charge is 0.273 e. The van der Waals surface area contributed by atoms with Gasteiger partial charge in [-0.3, -0.25) is 4.79 Å². The molecule has 0 aliphatic heterocycles. The maximum absolute atomic E-state index is 11.2. The predicted molar refractivity (Wildman–Crippen MR) is 64.9 cm³/mol. The number of hydrogen-bond donors (Lipinski definition) is 1. The van der Waals surface area contributed by atoms with Crippen molar-refractivity contribution < 1.29 is 4.79 Å². The van der Waals surface area contributed by atoms with Gasteiger partial charge in [0.05, 0.1) is 0 Å². The van der Waals surface area contributed by atoms with Gasteiger partial charge in [0.15, 0.2) is 0 Å². The molecular weight excluding hydrogens is 188 g/mol. The second-order valence-electron chi connectivity index (χ2n) is 3.80. The molecule has 0 aromatic rings. The van der Waals surface area contributed by atoms with Gasteiger partial charge in [-0.2, -0.15) is 5.10 Å². The van der Waals surface area contributed by atoms with E-state index in [1.54, 1.807) is 6.21 Å². The van der Waals surface area contributed by atoms with Crippen molar-refractivity contribution >= 4 is 12.1 Å². The number of nitrogens with one attached hydrogen (secondary N) is 1. The first-order valence-corrected chi connectivity index (χ1v) is 6.11. The van der Waals surface area contributed by atoms with E-state index in [-0.39, 0.29) is 5.91 Å². The van der Waals surface area contributed by atoms with E-state index in [0.717, 1.165) is 25.7 Å². The van der Waals surface area contributed by atoms with E-state index in [0.29, 0.717) is 6.42 Å². The van der Waals surface area contributed by atoms with Crippen LogP contribution < -0.4 is 5.43 Å². The summed E-state index contributed by atoms with van der Waals surface area (Å²) in [5, 5.41) is 3.85. The Hall–Kier alpha value is -0.860. The van der Waals surface area contributed by atoms with Gasteiger partial charge in [-0.25, -0.2) is 5.43 Å². The minimum Gasteiger partial charge on any atom is -0.273 e. The maximum atomic E-state index is 11.2. The van der Waals surface area contributed by atoms with Gasteiger partial charge in [0.2, 0.25) is 5.91 Å². The number of carbonyl (C=O) groups is 1. The van der Waals surface area contributed by atoms with E-state index < -0.39 is 0 Å². The highest BCUT2D eigenvalue weighted by Gasteiger charge is 1.98. The van der Waals surface area contributed by atoms with Crippen LogP contribution in [0.4, 0.5) is 0 Å². The smallest absolute Gasteiger partial charge is 0.240 e. The summed E-state index contributed by atoms with van der Waals surface area (Å²) < 4.78 is 0. The standard InChI is InChI=1S/C12H24N2O/c1-3-5-7-8-9-10-12(15)14-13-11-6-4-2/h11H,3-10H2,1-2H3,(H,14,15). The van der Waals surface area contributed by atoms with Crippen LogP contribution in [0.25, 0.3) is 0 Å².